The molecule has 0 aliphatic rings. The molecule has 0 fully saturated rings. The first kappa shape index (κ1) is 10.6. The molecule has 0 aliphatic heterocycles. The van der Waals surface area contributed by atoms with E-state index in [0.717, 1.165) is 5.69 Å². The first-order valence-corrected chi connectivity index (χ1v) is 4.88. The smallest absolute Gasteiger partial charge is 0.255 e. The quantitative estimate of drug-likeness (QED) is 0.863. The van der Waals surface area contributed by atoms with Gasteiger partial charge in [0.25, 0.3) is 6.43 Å². The van der Waals surface area contributed by atoms with Crippen molar-refractivity contribution < 1.29 is 8.78 Å². The fourth-order valence-electron chi connectivity index (χ4n) is 1.40. The molecule has 0 atom stereocenters. The normalized spacial score (nSPS) is 10.7. The molecule has 0 saturated heterocycles. The predicted molar refractivity (Wildman–Crippen MR) is 58.1 cm³/mol. The summed E-state index contributed by atoms with van der Waals surface area (Å²) in [6.45, 7) is -0.399. The molecule has 2 aromatic rings. The molecule has 1 aromatic carbocycles. The maximum Gasteiger partial charge on any atom is 0.255 e. The van der Waals surface area contributed by atoms with Crippen LogP contribution < -0.4 is 5.32 Å². The van der Waals surface area contributed by atoms with E-state index >= 15 is 0 Å². The number of nitrogens with one attached hydrogen (secondary N) is 1. The topological polar surface area (TPSA) is 29.9 Å². The summed E-state index contributed by atoms with van der Waals surface area (Å²) < 4.78 is 25.8. The third kappa shape index (κ3) is 2.36. The van der Waals surface area contributed by atoms with Gasteiger partial charge in [-0.05, 0) is 12.1 Å². The van der Waals surface area contributed by atoms with Crippen LogP contribution in [-0.4, -0.2) is 22.5 Å². The highest BCUT2D eigenvalue weighted by atomic mass is 19.3. The average molecular weight is 223 g/mol. The van der Waals surface area contributed by atoms with E-state index in [4.69, 9.17) is 0 Å². The molecule has 1 heterocycles. The Labute approximate surface area is 91.7 Å². The molecular formula is C11H11F2N3. The van der Waals surface area contributed by atoms with E-state index in [1.165, 1.54) is 0 Å². The van der Waals surface area contributed by atoms with Crippen LogP contribution in [0.25, 0.3) is 5.69 Å². The molecule has 0 amide bonds. The number of rotatable bonds is 4. The van der Waals surface area contributed by atoms with Crippen LogP contribution in [0.4, 0.5) is 14.7 Å². The van der Waals surface area contributed by atoms with Crippen LogP contribution in [0.15, 0.2) is 42.7 Å². The van der Waals surface area contributed by atoms with Crippen molar-refractivity contribution >= 4 is 5.95 Å². The third-order valence-corrected chi connectivity index (χ3v) is 2.09. The molecule has 0 spiro atoms. The van der Waals surface area contributed by atoms with Crippen molar-refractivity contribution in [1.82, 2.24) is 9.55 Å². The van der Waals surface area contributed by atoms with Gasteiger partial charge in [-0.2, -0.15) is 0 Å². The summed E-state index contributed by atoms with van der Waals surface area (Å²) in [5.74, 6) is 0.423. The van der Waals surface area contributed by atoms with E-state index in [1.54, 1.807) is 17.0 Å². The number of hydrogen-bond acceptors (Lipinski definition) is 2. The second kappa shape index (κ2) is 4.74. The first-order valence-electron chi connectivity index (χ1n) is 4.88. The van der Waals surface area contributed by atoms with Gasteiger partial charge in [0.2, 0.25) is 5.95 Å². The van der Waals surface area contributed by atoms with Crippen LogP contribution in [0.5, 0.6) is 0 Å². The largest absolute Gasteiger partial charge is 0.350 e. The number of benzene rings is 1. The van der Waals surface area contributed by atoms with Gasteiger partial charge in [0, 0.05) is 18.1 Å². The summed E-state index contributed by atoms with van der Waals surface area (Å²) >= 11 is 0. The van der Waals surface area contributed by atoms with Gasteiger partial charge in [-0.1, -0.05) is 18.2 Å². The molecule has 16 heavy (non-hydrogen) atoms. The van der Waals surface area contributed by atoms with Crippen LogP contribution in [0.3, 0.4) is 0 Å². The predicted octanol–water partition coefficient (Wildman–Crippen LogP) is 2.55. The highest BCUT2D eigenvalue weighted by Crippen LogP contribution is 2.13. The molecular weight excluding hydrogens is 212 g/mol. The van der Waals surface area contributed by atoms with Crippen molar-refractivity contribution in [1.29, 1.82) is 0 Å². The third-order valence-electron chi connectivity index (χ3n) is 2.09. The van der Waals surface area contributed by atoms with E-state index in [1.807, 2.05) is 30.3 Å². The fraction of sp³-hybridized carbons (Fsp3) is 0.182. The zero-order valence-electron chi connectivity index (χ0n) is 8.48. The number of imidazole rings is 1. The van der Waals surface area contributed by atoms with Crippen LogP contribution in [0.2, 0.25) is 0 Å². The Morgan fingerprint density at radius 3 is 2.69 bits per heavy atom. The molecule has 0 radical (unpaired) electrons. The Morgan fingerprint density at radius 1 is 1.25 bits per heavy atom. The summed E-state index contributed by atoms with van der Waals surface area (Å²) in [7, 11) is 0. The first-order chi connectivity index (χ1) is 7.77. The highest BCUT2D eigenvalue weighted by molar-refractivity contribution is 5.41. The minimum absolute atomic E-state index is 0.399. The zero-order chi connectivity index (χ0) is 11.4. The average Bonchev–Trinajstić information content (AvgIpc) is 2.75. The van der Waals surface area contributed by atoms with E-state index < -0.39 is 13.0 Å². The van der Waals surface area contributed by atoms with Crippen LogP contribution in [0, 0.1) is 0 Å². The van der Waals surface area contributed by atoms with Gasteiger partial charge in [-0.25, -0.2) is 13.8 Å². The molecule has 0 aliphatic carbocycles. The maximum absolute atomic E-state index is 12.1. The molecule has 0 saturated carbocycles. The Balaban J connectivity index is 2.19. The van der Waals surface area contributed by atoms with Gasteiger partial charge >= 0.3 is 0 Å². The minimum atomic E-state index is -2.39. The molecule has 1 N–H and O–H groups in total. The SMILES string of the molecule is FC(F)CNc1nccn1-c1ccccc1. The van der Waals surface area contributed by atoms with Gasteiger partial charge in [-0.3, -0.25) is 4.57 Å². The van der Waals surface area contributed by atoms with E-state index in [0.29, 0.717) is 5.95 Å². The van der Waals surface area contributed by atoms with Gasteiger partial charge in [0.15, 0.2) is 0 Å². The van der Waals surface area contributed by atoms with Gasteiger partial charge in [0.05, 0.1) is 6.54 Å². The molecule has 0 unspecified atom stereocenters. The molecule has 84 valence electrons. The number of nitrogens with zero attached hydrogens (tertiary/aromatic N) is 2. The lowest BCUT2D eigenvalue weighted by Crippen LogP contribution is -2.13. The Kier molecular flexibility index (Phi) is 3.14. The lowest BCUT2D eigenvalue weighted by Gasteiger charge is -2.08. The molecule has 1 aromatic heterocycles. The molecule has 0 bridgehead atoms. The van der Waals surface area contributed by atoms with Crippen molar-refractivity contribution in [2.75, 3.05) is 11.9 Å². The number of halogens is 2. The second-order valence-corrected chi connectivity index (χ2v) is 3.23. The summed E-state index contributed by atoms with van der Waals surface area (Å²) in [5.41, 5.74) is 0.886. The number of aromatic nitrogens is 2. The summed E-state index contributed by atoms with van der Waals surface area (Å²) in [5, 5.41) is 2.59. The lowest BCUT2D eigenvalue weighted by atomic mass is 10.3. The lowest BCUT2D eigenvalue weighted by molar-refractivity contribution is 0.163. The van der Waals surface area contributed by atoms with Crippen molar-refractivity contribution in [2.45, 2.75) is 6.43 Å². The Hall–Kier alpha value is -1.91. The highest BCUT2D eigenvalue weighted by Gasteiger charge is 2.07. The summed E-state index contributed by atoms with van der Waals surface area (Å²) in [6.07, 6.45) is 0.908. The summed E-state index contributed by atoms with van der Waals surface area (Å²) in [6, 6.07) is 9.43. The fourth-order valence-corrected chi connectivity index (χ4v) is 1.40. The number of hydrogen-bond donors (Lipinski definition) is 1. The van der Waals surface area contributed by atoms with Crippen molar-refractivity contribution in [3.05, 3.63) is 42.7 Å². The Morgan fingerprint density at radius 2 is 2.00 bits per heavy atom. The van der Waals surface area contributed by atoms with Crippen molar-refractivity contribution in [2.24, 2.45) is 0 Å². The molecule has 2 rings (SSSR count). The zero-order valence-corrected chi connectivity index (χ0v) is 8.48. The van der Waals surface area contributed by atoms with Crippen molar-refractivity contribution in [3.63, 3.8) is 0 Å². The minimum Gasteiger partial charge on any atom is -0.350 e. The monoisotopic (exact) mass is 223 g/mol. The number of alkyl halides is 2. The van der Waals surface area contributed by atoms with E-state index in [9.17, 15) is 8.78 Å². The molecule has 5 heteroatoms. The second-order valence-electron chi connectivity index (χ2n) is 3.23. The van der Waals surface area contributed by atoms with Crippen LogP contribution in [-0.2, 0) is 0 Å². The van der Waals surface area contributed by atoms with Gasteiger partial charge < -0.3 is 5.32 Å². The van der Waals surface area contributed by atoms with Gasteiger partial charge in [-0.15, -0.1) is 0 Å². The Bertz CT molecular complexity index is 440. The molecule has 3 nitrogen and oxygen atoms in total. The van der Waals surface area contributed by atoms with Crippen molar-refractivity contribution in [3.8, 4) is 5.69 Å². The van der Waals surface area contributed by atoms with E-state index in [2.05, 4.69) is 10.3 Å². The maximum atomic E-state index is 12.1. The number of anilines is 1. The summed E-state index contributed by atoms with van der Waals surface area (Å²) in [4.78, 5) is 3.98. The van der Waals surface area contributed by atoms with Crippen LogP contribution in [0.1, 0.15) is 0 Å². The van der Waals surface area contributed by atoms with Crippen LogP contribution >= 0.6 is 0 Å². The number of para-hydroxylation sites is 1. The standard InChI is InChI=1S/C11H11F2N3/c12-10(13)8-15-11-14-6-7-16(11)9-4-2-1-3-5-9/h1-7,10H,8H2,(H,14,15). The van der Waals surface area contributed by atoms with Gasteiger partial charge in [0.1, 0.15) is 0 Å². The van der Waals surface area contributed by atoms with E-state index in [-0.39, 0.29) is 0 Å².